The zero-order valence-electron chi connectivity index (χ0n) is 13.4. The average Bonchev–Trinajstić information content (AvgIpc) is 2.61. The number of nitrogens with zero attached hydrogens (tertiary/aromatic N) is 2. The number of benzene rings is 2. The predicted octanol–water partition coefficient (Wildman–Crippen LogP) is 3.43. The second-order valence-electron chi connectivity index (χ2n) is 5.43. The molecule has 3 aromatic rings. The molecule has 0 saturated heterocycles. The molecule has 3 rings (SSSR count). The van der Waals surface area contributed by atoms with Crippen molar-refractivity contribution in [3.63, 3.8) is 0 Å². The van der Waals surface area contributed by atoms with Gasteiger partial charge < -0.3 is 15.8 Å². The van der Waals surface area contributed by atoms with Gasteiger partial charge in [0.15, 0.2) is 0 Å². The van der Waals surface area contributed by atoms with Crippen LogP contribution in [0.2, 0.25) is 0 Å². The molecular weight excluding hydrogens is 300 g/mol. The molecule has 0 aliphatic heterocycles. The van der Waals surface area contributed by atoms with Gasteiger partial charge in [0.25, 0.3) is 0 Å². The molecule has 3 N–H and O–H groups in total. The molecule has 1 heterocycles. The first kappa shape index (κ1) is 15.8. The van der Waals surface area contributed by atoms with Gasteiger partial charge in [-0.2, -0.15) is 0 Å². The molecule has 1 aromatic heterocycles. The van der Waals surface area contributed by atoms with Gasteiger partial charge in [-0.25, -0.2) is 9.97 Å². The number of nitrogens with one attached hydrogen (secondary N) is 1. The van der Waals surface area contributed by atoms with Crippen LogP contribution in [0.3, 0.4) is 0 Å². The lowest BCUT2D eigenvalue weighted by Crippen LogP contribution is -2.08. The van der Waals surface area contributed by atoms with Crippen molar-refractivity contribution >= 4 is 22.5 Å². The first-order valence-corrected chi connectivity index (χ1v) is 7.83. The maximum atomic E-state index is 5.76. The molecule has 0 atom stereocenters. The van der Waals surface area contributed by atoms with Crippen molar-refractivity contribution in [3.8, 4) is 5.75 Å². The minimum Gasteiger partial charge on any atom is -0.490 e. The molecule has 5 heteroatoms. The van der Waals surface area contributed by atoms with Gasteiger partial charge in [0, 0.05) is 23.8 Å². The number of aromatic nitrogens is 2. The van der Waals surface area contributed by atoms with E-state index in [0.717, 1.165) is 29.6 Å². The zero-order valence-corrected chi connectivity index (χ0v) is 13.4. The molecule has 0 aliphatic rings. The number of hydrogen-bond acceptors (Lipinski definition) is 5. The van der Waals surface area contributed by atoms with Gasteiger partial charge in [-0.15, -0.1) is 0 Å². The summed E-state index contributed by atoms with van der Waals surface area (Å²) in [5.74, 6) is 1.47. The highest BCUT2D eigenvalue weighted by molar-refractivity contribution is 5.81. The Kier molecular flexibility index (Phi) is 4.91. The highest BCUT2D eigenvalue weighted by Gasteiger charge is 2.01. The van der Waals surface area contributed by atoms with Crippen LogP contribution in [0.1, 0.15) is 5.56 Å². The molecule has 0 unspecified atom stereocenters. The molecule has 0 radical (unpaired) electrons. The van der Waals surface area contributed by atoms with Crippen LogP contribution < -0.4 is 15.8 Å². The van der Waals surface area contributed by atoms with Crippen LogP contribution in [-0.4, -0.2) is 23.1 Å². The van der Waals surface area contributed by atoms with Crippen molar-refractivity contribution in [2.75, 3.05) is 24.2 Å². The highest BCUT2D eigenvalue weighted by Crippen LogP contribution is 2.16. The fraction of sp³-hybridized carbons (Fsp3) is 0.158. The fourth-order valence-corrected chi connectivity index (χ4v) is 2.36. The summed E-state index contributed by atoms with van der Waals surface area (Å²) in [6, 6.07) is 13.7. The van der Waals surface area contributed by atoms with E-state index in [9.17, 15) is 0 Å². The lowest BCUT2D eigenvalue weighted by atomic mass is 10.1. The van der Waals surface area contributed by atoms with Crippen molar-refractivity contribution in [1.29, 1.82) is 0 Å². The number of ether oxygens (including phenoxy) is 1. The Bertz CT molecular complexity index is 830. The van der Waals surface area contributed by atoms with Crippen molar-refractivity contribution in [2.45, 2.75) is 6.42 Å². The molecule has 0 spiro atoms. The molecule has 2 aromatic carbocycles. The average molecular weight is 320 g/mol. The van der Waals surface area contributed by atoms with Gasteiger partial charge in [-0.1, -0.05) is 24.8 Å². The number of nitrogen functional groups attached to an aromatic ring is 1. The molecule has 0 bridgehead atoms. The van der Waals surface area contributed by atoms with Crippen molar-refractivity contribution in [2.24, 2.45) is 0 Å². The van der Waals surface area contributed by atoms with E-state index in [1.54, 1.807) is 12.3 Å². The highest BCUT2D eigenvalue weighted by atomic mass is 16.5. The molecule has 122 valence electrons. The van der Waals surface area contributed by atoms with Gasteiger partial charge in [-0.3, -0.25) is 0 Å². The number of rotatable bonds is 7. The van der Waals surface area contributed by atoms with E-state index in [1.807, 2.05) is 30.3 Å². The molecule has 0 amide bonds. The third kappa shape index (κ3) is 4.01. The third-order valence-corrected chi connectivity index (χ3v) is 3.59. The van der Waals surface area contributed by atoms with E-state index >= 15 is 0 Å². The lowest BCUT2D eigenvalue weighted by molar-refractivity contribution is 0.363. The van der Waals surface area contributed by atoms with Crippen LogP contribution in [0, 0.1) is 0 Å². The van der Waals surface area contributed by atoms with Crippen molar-refractivity contribution in [1.82, 2.24) is 9.97 Å². The fourth-order valence-electron chi connectivity index (χ4n) is 2.36. The Morgan fingerprint density at radius 2 is 2.00 bits per heavy atom. The SMILES string of the molecule is C=CCOc1ccc(CCNc2ncc3cc(N)ccc3n2)cc1. The van der Waals surface area contributed by atoms with Crippen LogP contribution in [0.4, 0.5) is 11.6 Å². The lowest BCUT2D eigenvalue weighted by Gasteiger charge is -2.07. The summed E-state index contributed by atoms with van der Waals surface area (Å²) in [5.41, 5.74) is 8.58. The van der Waals surface area contributed by atoms with Crippen LogP contribution in [-0.2, 0) is 6.42 Å². The van der Waals surface area contributed by atoms with Gasteiger partial charge in [0.2, 0.25) is 5.95 Å². The number of fused-ring (bicyclic) bond motifs is 1. The third-order valence-electron chi connectivity index (χ3n) is 3.59. The summed E-state index contributed by atoms with van der Waals surface area (Å²) in [6.07, 6.45) is 4.40. The van der Waals surface area contributed by atoms with Gasteiger partial charge in [0.05, 0.1) is 5.52 Å². The molecular formula is C19H20N4O. The summed E-state index contributed by atoms with van der Waals surface area (Å²) in [4.78, 5) is 8.81. The standard InChI is InChI=1S/C19H20N4O/c1-2-11-24-17-6-3-14(4-7-17)9-10-21-19-22-13-15-12-16(20)5-8-18(15)23-19/h2-8,12-13H,1,9-11,20H2,(H,21,22,23). The Balaban J connectivity index is 1.56. The first-order valence-electron chi connectivity index (χ1n) is 7.83. The van der Waals surface area contributed by atoms with Crippen molar-refractivity contribution in [3.05, 3.63) is 66.9 Å². The van der Waals surface area contributed by atoms with Crippen LogP contribution in [0.15, 0.2) is 61.3 Å². The maximum Gasteiger partial charge on any atom is 0.223 e. The molecule has 5 nitrogen and oxygen atoms in total. The zero-order chi connectivity index (χ0) is 16.8. The normalized spacial score (nSPS) is 10.5. The van der Waals surface area contributed by atoms with Gasteiger partial charge >= 0.3 is 0 Å². The number of hydrogen-bond donors (Lipinski definition) is 2. The van der Waals surface area contributed by atoms with Crippen LogP contribution in [0.25, 0.3) is 10.9 Å². The van der Waals surface area contributed by atoms with Crippen LogP contribution >= 0.6 is 0 Å². The quantitative estimate of drug-likeness (QED) is 0.515. The minimum atomic E-state index is 0.520. The van der Waals surface area contributed by atoms with E-state index in [0.29, 0.717) is 18.2 Å². The largest absolute Gasteiger partial charge is 0.490 e. The van der Waals surface area contributed by atoms with E-state index < -0.39 is 0 Å². The maximum absolute atomic E-state index is 5.76. The smallest absolute Gasteiger partial charge is 0.223 e. The van der Waals surface area contributed by atoms with Gasteiger partial charge in [-0.05, 0) is 42.3 Å². The van der Waals surface area contributed by atoms with Crippen LogP contribution in [0.5, 0.6) is 5.75 Å². The Hall–Kier alpha value is -3.08. The van der Waals surface area contributed by atoms with E-state index in [1.165, 1.54) is 5.56 Å². The summed E-state index contributed by atoms with van der Waals surface area (Å²) in [5, 5.41) is 4.19. The number of anilines is 2. The molecule has 0 fully saturated rings. The molecule has 0 saturated carbocycles. The Labute approximate surface area is 141 Å². The van der Waals surface area contributed by atoms with Gasteiger partial charge in [0.1, 0.15) is 12.4 Å². The van der Waals surface area contributed by atoms with E-state index in [-0.39, 0.29) is 0 Å². The Morgan fingerprint density at radius 1 is 1.17 bits per heavy atom. The second kappa shape index (κ2) is 7.46. The minimum absolute atomic E-state index is 0.520. The van der Waals surface area contributed by atoms with Crippen molar-refractivity contribution < 1.29 is 4.74 Å². The van der Waals surface area contributed by atoms with E-state index in [4.69, 9.17) is 10.5 Å². The summed E-state index contributed by atoms with van der Waals surface area (Å²) in [7, 11) is 0. The summed E-state index contributed by atoms with van der Waals surface area (Å²) < 4.78 is 5.47. The Morgan fingerprint density at radius 3 is 2.79 bits per heavy atom. The van der Waals surface area contributed by atoms with E-state index in [2.05, 4.69) is 34.0 Å². The monoisotopic (exact) mass is 320 g/mol. The molecule has 24 heavy (non-hydrogen) atoms. The summed E-state index contributed by atoms with van der Waals surface area (Å²) >= 11 is 0. The topological polar surface area (TPSA) is 73.1 Å². The number of nitrogens with two attached hydrogens (primary N) is 1. The second-order valence-corrected chi connectivity index (χ2v) is 5.43. The molecule has 0 aliphatic carbocycles. The first-order chi connectivity index (χ1) is 11.7. The summed E-state index contributed by atoms with van der Waals surface area (Å²) in [6.45, 7) is 4.91. The predicted molar refractivity (Wildman–Crippen MR) is 98.3 cm³/mol.